The van der Waals surface area contributed by atoms with Crippen LogP contribution in [0, 0.1) is 6.92 Å². The van der Waals surface area contributed by atoms with Crippen molar-refractivity contribution >= 4 is 28.8 Å². The standard InChI is InChI=1S/C16H18ClNO2S/c1-11-4-2-3-5-13(11)14(19)10-18-16(20)9-7-12-6-8-15(17)21-12/h2-6,8,14,19H,7,9-10H2,1H3,(H,18,20). The fraction of sp³-hybridized carbons (Fsp3) is 0.312. The van der Waals surface area contributed by atoms with Crippen molar-refractivity contribution < 1.29 is 9.90 Å². The van der Waals surface area contributed by atoms with E-state index >= 15 is 0 Å². The van der Waals surface area contributed by atoms with Crippen molar-refractivity contribution in [2.45, 2.75) is 25.9 Å². The van der Waals surface area contributed by atoms with Gasteiger partial charge in [0.1, 0.15) is 0 Å². The summed E-state index contributed by atoms with van der Waals surface area (Å²) in [6.45, 7) is 2.18. The molecule has 2 aromatic rings. The number of hydrogen-bond acceptors (Lipinski definition) is 3. The molecule has 1 amide bonds. The maximum Gasteiger partial charge on any atom is 0.220 e. The Bertz CT molecular complexity index is 612. The van der Waals surface area contributed by atoms with E-state index in [1.54, 1.807) is 0 Å². The molecule has 1 unspecified atom stereocenters. The molecule has 112 valence electrons. The summed E-state index contributed by atoms with van der Waals surface area (Å²) in [7, 11) is 0. The third-order valence-electron chi connectivity index (χ3n) is 3.27. The smallest absolute Gasteiger partial charge is 0.220 e. The van der Waals surface area contributed by atoms with E-state index in [0.29, 0.717) is 12.8 Å². The number of rotatable bonds is 6. The summed E-state index contributed by atoms with van der Waals surface area (Å²) >= 11 is 7.33. The van der Waals surface area contributed by atoms with E-state index in [-0.39, 0.29) is 12.5 Å². The van der Waals surface area contributed by atoms with Crippen LogP contribution in [0.1, 0.15) is 28.5 Å². The molecule has 2 rings (SSSR count). The van der Waals surface area contributed by atoms with Gasteiger partial charge in [-0.2, -0.15) is 0 Å². The predicted octanol–water partition coefficient (Wildman–Crippen LogP) is 3.49. The molecule has 21 heavy (non-hydrogen) atoms. The molecular weight excluding hydrogens is 306 g/mol. The van der Waals surface area contributed by atoms with Gasteiger partial charge in [-0.3, -0.25) is 4.79 Å². The van der Waals surface area contributed by atoms with Gasteiger partial charge in [0.05, 0.1) is 10.4 Å². The Balaban J connectivity index is 1.77. The van der Waals surface area contributed by atoms with Crippen LogP contribution in [0.5, 0.6) is 0 Å². The number of carbonyl (C=O) groups is 1. The van der Waals surface area contributed by atoms with Crippen LogP contribution < -0.4 is 5.32 Å². The van der Waals surface area contributed by atoms with E-state index in [2.05, 4.69) is 5.32 Å². The van der Waals surface area contributed by atoms with Gasteiger partial charge < -0.3 is 10.4 Å². The lowest BCUT2D eigenvalue weighted by Crippen LogP contribution is -2.28. The summed E-state index contributed by atoms with van der Waals surface area (Å²) in [6.07, 6.45) is 0.396. The maximum absolute atomic E-state index is 11.8. The van der Waals surface area contributed by atoms with Gasteiger partial charge in [0, 0.05) is 17.8 Å². The number of nitrogens with one attached hydrogen (secondary N) is 1. The number of thiophene rings is 1. The molecule has 0 aliphatic heterocycles. The summed E-state index contributed by atoms with van der Waals surface area (Å²) in [5.41, 5.74) is 1.87. The van der Waals surface area contributed by atoms with E-state index in [0.717, 1.165) is 20.3 Å². The molecule has 0 aliphatic carbocycles. The van der Waals surface area contributed by atoms with Crippen LogP contribution in [0.3, 0.4) is 0 Å². The lowest BCUT2D eigenvalue weighted by Gasteiger charge is -2.14. The van der Waals surface area contributed by atoms with E-state index < -0.39 is 6.10 Å². The number of carbonyl (C=O) groups excluding carboxylic acids is 1. The maximum atomic E-state index is 11.8. The predicted molar refractivity (Wildman–Crippen MR) is 86.8 cm³/mol. The molecule has 5 heteroatoms. The molecule has 0 bridgehead atoms. The SMILES string of the molecule is Cc1ccccc1C(O)CNC(=O)CCc1ccc(Cl)s1. The highest BCUT2D eigenvalue weighted by molar-refractivity contribution is 7.16. The average molecular weight is 324 g/mol. The fourth-order valence-corrected chi connectivity index (χ4v) is 3.18. The van der Waals surface area contributed by atoms with E-state index in [1.807, 2.05) is 43.3 Å². The first kappa shape index (κ1) is 16.0. The number of hydrogen-bond donors (Lipinski definition) is 2. The minimum absolute atomic E-state index is 0.0628. The van der Waals surface area contributed by atoms with Crippen LogP contribution in [0.2, 0.25) is 4.34 Å². The van der Waals surface area contributed by atoms with E-state index in [1.165, 1.54) is 11.3 Å². The first-order chi connectivity index (χ1) is 10.1. The first-order valence-corrected chi connectivity index (χ1v) is 8.00. The Morgan fingerprint density at radius 3 is 2.76 bits per heavy atom. The van der Waals surface area contributed by atoms with Gasteiger partial charge in [-0.15, -0.1) is 11.3 Å². The highest BCUT2D eigenvalue weighted by Gasteiger charge is 2.11. The van der Waals surface area contributed by atoms with Crippen LogP contribution in [-0.4, -0.2) is 17.6 Å². The van der Waals surface area contributed by atoms with Gasteiger partial charge in [-0.1, -0.05) is 35.9 Å². The van der Waals surface area contributed by atoms with Crippen molar-refractivity contribution in [3.05, 3.63) is 56.7 Å². The largest absolute Gasteiger partial charge is 0.387 e. The molecule has 0 saturated heterocycles. The number of benzene rings is 1. The summed E-state index contributed by atoms with van der Waals surface area (Å²) in [5, 5.41) is 12.9. The van der Waals surface area contributed by atoms with Crippen molar-refractivity contribution in [2.75, 3.05) is 6.54 Å². The quantitative estimate of drug-likeness (QED) is 0.855. The van der Waals surface area contributed by atoms with Gasteiger partial charge in [-0.25, -0.2) is 0 Å². The van der Waals surface area contributed by atoms with Gasteiger partial charge in [0.25, 0.3) is 0 Å². The lowest BCUT2D eigenvalue weighted by molar-refractivity contribution is -0.121. The molecule has 0 saturated carbocycles. The van der Waals surface area contributed by atoms with E-state index in [4.69, 9.17) is 11.6 Å². The number of amides is 1. The van der Waals surface area contributed by atoms with Crippen LogP contribution in [0.15, 0.2) is 36.4 Å². The summed E-state index contributed by atoms with van der Waals surface area (Å²) in [6, 6.07) is 11.4. The zero-order valence-electron chi connectivity index (χ0n) is 11.8. The van der Waals surface area contributed by atoms with Gasteiger partial charge in [0.15, 0.2) is 0 Å². The zero-order valence-corrected chi connectivity index (χ0v) is 13.4. The Hall–Kier alpha value is -1.36. The van der Waals surface area contributed by atoms with Gasteiger partial charge in [0.2, 0.25) is 5.91 Å². The fourth-order valence-electron chi connectivity index (χ4n) is 2.09. The van der Waals surface area contributed by atoms with Gasteiger partial charge >= 0.3 is 0 Å². The van der Waals surface area contributed by atoms with Crippen LogP contribution in [-0.2, 0) is 11.2 Å². The van der Waals surface area contributed by atoms with Crippen molar-refractivity contribution in [1.29, 1.82) is 0 Å². The highest BCUT2D eigenvalue weighted by atomic mass is 35.5. The first-order valence-electron chi connectivity index (χ1n) is 6.81. The van der Waals surface area contributed by atoms with Crippen molar-refractivity contribution in [3.8, 4) is 0 Å². The Morgan fingerprint density at radius 2 is 2.10 bits per heavy atom. The number of aliphatic hydroxyl groups is 1. The average Bonchev–Trinajstić information content (AvgIpc) is 2.89. The van der Waals surface area contributed by atoms with Gasteiger partial charge in [-0.05, 0) is 36.6 Å². The second-order valence-corrected chi connectivity index (χ2v) is 6.68. The Kier molecular flexibility index (Phi) is 5.79. The third kappa shape index (κ3) is 4.84. The third-order valence-corrected chi connectivity index (χ3v) is 4.56. The highest BCUT2D eigenvalue weighted by Crippen LogP contribution is 2.22. The zero-order chi connectivity index (χ0) is 15.2. The molecule has 2 N–H and O–H groups in total. The molecular formula is C16H18ClNO2S. The van der Waals surface area contributed by atoms with Crippen molar-refractivity contribution in [3.63, 3.8) is 0 Å². The Labute approximate surface area is 133 Å². The second kappa shape index (κ2) is 7.59. The minimum atomic E-state index is -0.675. The van der Waals surface area contributed by atoms with Crippen molar-refractivity contribution in [1.82, 2.24) is 5.32 Å². The molecule has 1 atom stereocenters. The second-order valence-electron chi connectivity index (χ2n) is 4.88. The molecule has 0 spiro atoms. The molecule has 1 aromatic carbocycles. The number of halogens is 1. The van der Waals surface area contributed by atoms with Crippen LogP contribution >= 0.6 is 22.9 Å². The van der Waals surface area contributed by atoms with Crippen LogP contribution in [0.4, 0.5) is 0 Å². The van der Waals surface area contributed by atoms with E-state index in [9.17, 15) is 9.90 Å². The normalized spacial score (nSPS) is 12.1. The summed E-state index contributed by atoms with van der Waals surface area (Å²) < 4.78 is 0.736. The lowest BCUT2D eigenvalue weighted by atomic mass is 10.0. The topological polar surface area (TPSA) is 49.3 Å². The summed E-state index contributed by atoms with van der Waals surface area (Å²) in [4.78, 5) is 12.9. The minimum Gasteiger partial charge on any atom is -0.387 e. The molecule has 3 nitrogen and oxygen atoms in total. The molecule has 0 fully saturated rings. The van der Waals surface area contributed by atoms with Crippen LogP contribution in [0.25, 0.3) is 0 Å². The molecule has 0 aliphatic rings. The Morgan fingerprint density at radius 1 is 1.33 bits per heavy atom. The molecule has 1 aromatic heterocycles. The molecule has 0 radical (unpaired) electrons. The van der Waals surface area contributed by atoms with Crippen molar-refractivity contribution in [2.24, 2.45) is 0 Å². The molecule has 1 heterocycles. The number of aryl methyl sites for hydroxylation is 2. The number of aliphatic hydroxyl groups excluding tert-OH is 1. The summed E-state index contributed by atoms with van der Waals surface area (Å²) in [5.74, 6) is -0.0628. The monoisotopic (exact) mass is 323 g/mol.